The topological polar surface area (TPSA) is 88.9 Å². The monoisotopic (exact) mass is 612 g/mol. The number of alkyl halides is 3. The molecule has 0 aliphatic rings. The second kappa shape index (κ2) is 14.2. The Bertz CT molecular complexity index is 1570. The molecule has 3 aromatic carbocycles. The Kier molecular flexibility index (Phi) is 10.4. The minimum Gasteiger partial charge on any atom is -0.493 e. The summed E-state index contributed by atoms with van der Waals surface area (Å²) in [5.41, 5.74) is 0.798. The standard InChI is InChI=1S/C32H28F4N2O4S/c1-2-28-25(38-30(43-28)22-10-12-23(33)13-11-22)16-17-42-24-14-8-20(9-15-24)18-26(31(40)41)37-29(32(34,35)36)19-27(39)21-6-4-3-5-7-21/h3-15,26H,2,16-19H2,1H3,(H,40,41)/t26-/m0/s1. The van der Waals surface area contributed by atoms with Crippen LogP contribution in [-0.2, 0) is 24.1 Å². The third-order valence-electron chi connectivity index (χ3n) is 6.50. The minimum absolute atomic E-state index is 0.0796. The van der Waals surface area contributed by atoms with Crippen LogP contribution in [0.4, 0.5) is 17.6 Å². The van der Waals surface area contributed by atoms with Gasteiger partial charge in [0.05, 0.1) is 18.7 Å². The molecule has 0 saturated heterocycles. The highest BCUT2D eigenvalue weighted by atomic mass is 32.1. The van der Waals surface area contributed by atoms with E-state index in [9.17, 15) is 32.3 Å². The Hall–Kier alpha value is -4.38. The minimum atomic E-state index is -4.97. The summed E-state index contributed by atoms with van der Waals surface area (Å²) >= 11 is 1.55. The van der Waals surface area contributed by atoms with Crippen molar-refractivity contribution in [3.8, 4) is 16.3 Å². The van der Waals surface area contributed by atoms with Gasteiger partial charge in [-0.3, -0.25) is 9.79 Å². The van der Waals surface area contributed by atoms with Gasteiger partial charge in [-0.2, -0.15) is 13.2 Å². The molecular weight excluding hydrogens is 584 g/mol. The molecule has 1 aromatic heterocycles. The third kappa shape index (κ3) is 8.81. The van der Waals surface area contributed by atoms with E-state index in [1.54, 1.807) is 53.8 Å². The van der Waals surface area contributed by atoms with Gasteiger partial charge in [-0.05, 0) is 48.4 Å². The number of nitrogens with zero attached hydrogens (tertiary/aromatic N) is 2. The summed E-state index contributed by atoms with van der Waals surface area (Å²) in [7, 11) is 0. The number of carbonyl (C=O) groups excluding carboxylic acids is 1. The van der Waals surface area contributed by atoms with E-state index in [1.165, 1.54) is 36.4 Å². The predicted octanol–water partition coefficient (Wildman–Crippen LogP) is 7.41. The normalized spacial score (nSPS) is 12.6. The fourth-order valence-corrected chi connectivity index (χ4v) is 5.31. The number of rotatable bonds is 13. The summed E-state index contributed by atoms with van der Waals surface area (Å²) < 4.78 is 60.2. The lowest BCUT2D eigenvalue weighted by Crippen LogP contribution is -2.31. The first-order valence-electron chi connectivity index (χ1n) is 13.4. The molecule has 11 heteroatoms. The van der Waals surface area contributed by atoms with Crippen molar-refractivity contribution in [1.82, 2.24) is 4.98 Å². The van der Waals surface area contributed by atoms with Crippen molar-refractivity contribution in [3.05, 3.63) is 106 Å². The fraction of sp³-hybridized carbons (Fsp3) is 0.250. The van der Waals surface area contributed by atoms with E-state index in [2.05, 4.69) is 4.99 Å². The zero-order valence-corrected chi connectivity index (χ0v) is 23.9. The van der Waals surface area contributed by atoms with Gasteiger partial charge in [0.15, 0.2) is 11.8 Å². The number of carbonyl (C=O) groups is 2. The van der Waals surface area contributed by atoms with Crippen molar-refractivity contribution in [2.24, 2.45) is 4.99 Å². The average molecular weight is 613 g/mol. The number of hydrogen-bond acceptors (Lipinski definition) is 6. The van der Waals surface area contributed by atoms with E-state index in [1.807, 2.05) is 6.92 Å². The molecule has 4 rings (SSSR count). The Morgan fingerprint density at radius 3 is 2.28 bits per heavy atom. The van der Waals surface area contributed by atoms with Crippen LogP contribution in [0.2, 0.25) is 0 Å². The second-order valence-corrected chi connectivity index (χ2v) is 10.7. The summed E-state index contributed by atoms with van der Waals surface area (Å²) in [6.45, 7) is 2.34. The summed E-state index contributed by atoms with van der Waals surface area (Å²) in [4.78, 5) is 33.5. The molecule has 0 amide bonds. The maximum atomic E-state index is 13.7. The SMILES string of the molecule is CCc1sc(-c2ccc(F)cc2)nc1CCOc1ccc(C[C@H](N=C(CC(=O)c2ccccc2)C(F)(F)F)C(=O)O)cc1. The lowest BCUT2D eigenvalue weighted by atomic mass is 10.0. The van der Waals surface area contributed by atoms with E-state index >= 15 is 0 Å². The molecule has 6 nitrogen and oxygen atoms in total. The largest absolute Gasteiger partial charge is 0.493 e. The van der Waals surface area contributed by atoms with Crippen LogP contribution in [0.25, 0.3) is 10.6 Å². The van der Waals surface area contributed by atoms with E-state index in [0.717, 1.165) is 27.6 Å². The van der Waals surface area contributed by atoms with Crippen LogP contribution in [-0.4, -0.2) is 46.4 Å². The Labute approximate surface area is 249 Å². The highest BCUT2D eigenvalue weighted by molar-refractivity contribution is 7.15. The van der Waals surface area contributed by atoms with E-state index < -0.39 is 36.1 Å². The van der Waals surface area contributed by atoms with Crippen LogP contribution in [0.15, 0.2) is 83.9 Å². The molecule has 0 radical (unpaired) electrons. The van der Waals surface area contributed by atoms with Gasteiger partial charge in [0.25, 0.3) is 0 Å². The van der Waals surface area contributed by atoms with Crippen LogP contribution in [0, 0.1) is 5.82 Å². The highest BCUT2D eigenvalue weighted by Gasteiger charge is 2.38. The molecule has 1 atom stereocenters. The van der Waals surface area contributed by atoms with E-state index in [4.69, 9.17) is 9.72 Å². The first-order chi connectivity index (χ1) is 20.5. The molecule has 0 spiro atoms. The Morgan fingerprint density at radius 2 is 1.67 bits per heavy atom. The van der Waals surface area contributed by atoms with Crippen molar-refractivity contribution >= 4 is 28.8 Å². The van der Waals surface area contributed by atoms with Gasteiger partial charge in [-0.15, -0.1) is 11.3 Å². The molecule has 43 heavy (non-hydrogen) atoms. The molecular formula is C32H28F4N2O4S. The maximum absolute atomic E-state index is 13.7. The molecule has 0 bridgehead atoms. The zero-order valence-electron chi connectivity index (χ0n) is 23.1. The first kappa shape index (κ1) is 31.6. The number of carboxylic acids is 1. The number of aryl methyl sites for hydroxylation is 1. The van der Waals surface area contributed by atoms with Crippen LogP contribution in [0.1, 0.15) is 39.8 Å². The van der Waals surface area contributed by atoms with Crippen molar-refractivity contribution < 1.29 is 37.0 Å². The van der Waals surface area contributed by atoms with Gasteiger partial charge in [0, 0.05) is 28.8 Å². The number of aromatic nitrogens is 1. The molecule has 1 heterocycles. The Balaban J connectivity index is 1.39. The maximum Gasteiger partial charge on any atom is 0.429 e. The summed E-state index contributed by atoms with van der Waals surface area (Å²) in [5.74, 6) is -2.17. The summed E-state index contributed by atoms with van der Waals surface area (Å²) in [5, 5.41) is 10.4. The van der Waals surface area contributed by atoms with Crippen molar-refractivity contribution in [3.63, 3.8) is 0 Å². The number of hydrogen-bond donors (Lipinski definition) is 1. The molecule has 224 valence electrons. The molecule has 0 fully saturated rings. The molecule has 0 aliphatic carbocycles. The van der Waals surface area contributed by atoms with E-state index in [-0.39, 0.29) is 17.8 Å². The number of ketones is 1. The molecule has 1 N–H and O–H groups in total. The number of thiazole rings is 1. The Morgan fingerprint density at radius 1 is 1.00 bits per heavy atom. The molecule has 4 aromatic rings. The fourth-order valence-electron chi connectivity index (χ4n) is 4.25. The summed E-state index contributed by atoms with van der Waals surface area (Å²) in [6.07, 6.45) is -5.02. The molecule has 0 saturated carbocycles. The zero-order chi connectivity index (χ0) is 31.0. The molecule has 0 aliphatic heterocycles. The number of aliphatic carboxylic acids is 1. The number of ether oxygens (including phenoxy) is 1. The number of halogens is 4. The molecule has 0 unspecified atom stereocenters. The van der Waals surface area contributed by atoms with Gasteiger partial charge in [0.1, 0.15) is 22.3 Å². The number of aliphatic imine (C=N–C) groups is 1. The lowest BCUT2D eigenvalue weighted by molar-refractivity contribution is -0.138. The van der Waals surface area contributed by atoms with Crippen LogP contribution in [0.3, 0.4) is 0 Å². The van der Waals surface area contributed by atoms with Gasteiger partial charge >= 0.3 is 12.1 Å². The van der Waals surface area contributed by atoms with E-state index in [0.29, 0.717) is 24.3 Å². The van der Waals surface area contributed by atoms with Crippen molar-refractivity contribution in [1.29, 1.82) is 0 Å². The smallest absolute Gasteiger partial charge is 0.429 e. The van der Waals surface area contributed by atoms with Gasteiger partial charge < -0.3 is 9.84 Å². The van der Waals surface area contributed by atoms with Crippen LogP contribution in [0.5, 0.6) is 5.75 Å². The third-order valence-corrected chi connectivity index (χ3v) is 7.79. The highest BCUT2D eigenvalue weighted by Crippen LogP contribution is 2.29. The number of Topliss-reactive ketones (excluding diaryl/α,β-unsaturated/α-hetero) is 1. The summed E-state index contributed by atoms with van der Waals surface area (Å²) in [6, 6.07) is 18.2. The quantitative estimate of drug-likeness (QED) is 0.0966. The first-order valence-corrected chi connectivity index (χ1v) is 14.3. The number of carboxylic acid groups (broad SMARTS) is 1. The van der Waals surface area contributed by atoms with Crippen molar-refractivity contribution in [2.75, 3.05) is 6.61 Å². The average Bonchev–Trinajstić information content (AvgIpc) is 3.40. The van der Waals surface area contributed by atoms with Crippen molar-refractivity contribution in [2.45, 2.75) is 44.8 Å². The van der Waals surface area contributed by atoms with Gasteiger partial charge in [-0.1, -0.05) is 49.4 Å². The number of benzene rings is 3. The predicted molar refractivity (Wildman–Crippen MR) is 157 cm³/mol. The van der Waals surface area contributed by atoms with Crippen LogP contribution < -0.4 is 4.74 Å². The lowest BCUT2D eigenvalue weighted by Gasteiger charge is -2.15. The van der Waals surface area contributed by atoms with Gasteiger partial charge in [0.2, 0.25) is 0 Å². The second-order valence-electron chi connectivity index (χ2n) is 9.59. The van der Waals surface area contributed by atoms with Crippen LogP contribution >= 0.6 is 11.3 Å². The van der Waals surface area contributed by atoms with Gasteiger partial charge in [-0.25, -0.2) is 14.2 Å².